The van der Waals surface area contributed by atoms with Crippen molar-refractivity contribution in [2.24, 2.45) is 5.84 Å². The predicted molar refractivity (Wildman–Crippen MR) is 84.1 cm³/mol. The van der Waals surface area contributed by atoms with Crippen molar-refractivity contribution >= 4 is 27.7 Å². The van der Waals surface area contributed by atoms with Gasteiger partial charge in [0.25, 0.3) is 0 Å². The Balaban J connectivity index is 2.02. The van der Waals surface area contributed by atoms with Gasteiger partial charge in [0.2, 0.25) is 0 Å². The molecule has 3 rings (SSSR count). The average Bonchev–Trinajstić information content (AvgIpc) is 2.88. The van der Waals surface area contributed by atoms with Crippen molar-refractivity contribution in [2.75, 3.05) is 5.75 Å². The van der Waals surface area contributed by atoms with Gasteiger partial charge in [0.1, 0.15) is 5.82 Å². The SMILES string of the molecule is NNC(c1cccc(Br)c1F)C1CSc2ccccc21. The lowest BCUT2D eigenvalue weighted by molar-refractivity contribution is 0.459. The Morgan fingerprint density at radius 3 is 2.85 bits per heavy atom. The molecular formula is C15H14BrFN2S. The van der Waals surface area contributed by atoms with Gasteiger partial charge in [-0.15, -0.1) is 11.8 Å². The zero-order valence-corrected chi connectivity index (χ0v) is 13.0. The zero-order chi connectivity index (χ0) is 14.1. The molecule has 0 aromatic heterocycles. The maximum atomic E-state index is 14.3. The van der Waals surface area contributed by atoms with Crippen LogP contribution in [0.25, 0.3) is 0 Å². The summed E-state index contributed by atoms with van der Waals surface area (Å²) in [5, 5.41) is 0. The lowest BCUT2D eigenvalue weighted by Crippen LogP contribution is -2.33. The first-order chi connectivity index (χ1) is 9.72. The molecule has 0 amide bonds. The maximum absolute atomic E-state index is 14.3. The van der Waals surface area contributed by atoms with E-state index in [2.05, 4.69) is 33.5 Å². The number of thioether (sulfide) groups is 1. The van der Waals surface area contributed by atoms with Gasteiger partial charge in [-0.05, 0) is 33.6 Å². The molecule has 104 valence electrons. The summed E-state index contributed by atoms with van der Waals surface area (Å²) in [4.78, 5) is 1.26. The van der Waals surface area contributed by atoms with Gasteiger partial charge in [-0.3, -0.25) is 11.3 Å². The van der Waals surface area contributed by atoms with Gasteiger partial charge in [-0.25, -0.2) is 4.39 Å². The van der Waals surface area contributed by atoms with Gasteiger partial charge < -0.3 is 0 Å². The van der Waals surface area contributed by atoms with Gasteiger partial charge in [0, 0.05) is 22.1 Å². The van der Waals surface area contributed by atoms with Crippen molar-refractivity contribution in [2.45, 2.75) is 16.9 Å². The van der Waals surface area contributed by atoms with Crippen LogP contribution in [-0.4, -0.2) is 5.75 Å². The predicted octanol–water partition coefficient (Wildman–Crippen LogP) is 3.98. The van der Waals surface area contributed by atoms with Crippen LogP contribution in [0.1, 0.15) is 23.1 Å². The van der Waals surface area contributed by atoms with Crippen molar-refractivity contribution in [3.63, 3.8) is 0 Å². The summed E-state index contributed by atoms with van der Waals surface area (Å²) in [5.74, 6) is 6.55. The van der Waals surface area contributed by atoms with Crippen molar-refractivity contribution in [1.29, 1.82) is 0 Å². The molecule has 3 N–H and O–H groups in total. The second-order valence-electron chi connectivity index (χ2n) is 4.74. The van der Waals surface area contributed by atoms with E-state index in [4.69, 9.17) is 5.84 Å². The van der Waals surface area contributed by atoms with Crippen LogP contribution in [0, 0.1) is 5.82 Å². The summed E-state index contributed by atoms with van der Waals surface area (Å²) < 4.78 is 14.8. The van der Waals surface area contributed by atoms with Crippen molar-refractivity contribution in [3.8, 4) is 0 Å². The average molecular weight is 353 g/mol. The minimum Gasteiger partial charge on any atom is -0.271 e. The van der Waals surface area contributed by atoms with Crippen molar-refractivity contribution in [1.82, 2.24) is 5.43 Å². The van der Waals surface area contributed by atoms with E-state index in [1.54, 1.807) is 23.9 Å². The third kappa shape index (κ3) is 2.39. The number of fused-ring (bicyclic) bond motifs is 1. The van der Waals surface area contributed by atoms with E-state index in [0.29, 0.717) is 10.0 Å². The van der Waals surface area contributed by atoms with Gasteiger partial charge >= 0.3 is 0 Å². The molecule has 0 spiro atoms. The van der Waals surface area contributed by atoms with E-state index < -0.39 is 0 Å². The van der Waals surface area contributed by atoms with Crippen LogP contribution >= 0.6 is 27.7 Å². The molecule has 1 aliphatic rings. The van der Waals surface area contributed by atoms with Gasteiger partial charge in [-0.2, -0.15) is 0 Å². The number of hydrogen-bond acceptors (Lipinski definition) is 3. The number of hydrogen-bond donors (Lipinski definition) is 2. The number of benzene rings is 2. The second-order valence-corrected chi connectivity index (χ2v) is 6.66. The van der Waals surface area contributed by atoms with E-state index in [1.807, 2.05) is 18.2 Å². The molecule has 2 aromatic rings. The zero-order valence-electron chi connectivity index (χ0n) is 10.6. The van der Waals surface area contributed by atoms with Crippen LogP contribution in [0.3, 0.4) is 0 Å². The summed E-state index contributed by atoms with van der Waals surface area (Å²) in [6.45, 7) is 0. The summed E-state index contributed by atoms with van der Waals surface area (Å²) >= 11 is 5.03. The van der Waals surface area contributed by atoms with Crippen LogP contribution in [0.15, 0.2) is 51.8 Å². The van der Waals surface area contributed by atoms with Crippen LogP contribution in [0.4, 0.5) is 4.39 Å². The first-order valence-corrected chi connectivity index (χ1v) is 8.12. The molecule has 1 heterocycles. The van der Waals surface area contributed by atoms with Crippen molar-refractivity contribution in [3.05, 3.63) is 63.9 Å². The maximum Gasteiger partial charge on any atom is 0.142 e. The molecule has 2 aromatic carbocycles. The Morgan fingerprint density at radius 1 is 1.25 bits per heavy atom. The third-order valence-corrected chi connectivity index (χ3v) is 5.46. The van der Waals surface area contributed by atoms with Gasteiger partial charge in [0.05, 0.1) is 10.5 Å². The number of nitrogens with two attached hydrogens (primary N) is 1. The minimum absolute atomic E-state index is 0.171. The molecule has 2 atom stereocenters. The van der Waals surface area contributed by atoms with E-state index in [9.17, 15) is 4.39 Å². The Hall–Kier alpha value is -0.880. The molecule has 0 radical (unpaired) electrons. The first kappa shape index (κ1) is 14.1. The molecule has 20 heavy (non-hydrogen) atoms. The summed E-state index contributed by atoms with van der Waals surface area (Å²) in [7, 11) is 0. The quantitative estimate of drug-likeness (QED) is 0.648. The number of hydrazine groups is 1. The second kappa shape index (κ2) is 5.85. The smallest absolute Gasteiger partial charge is 0.142 e. The first-order valence-electron chi connectivity index (χ1n) is 6.34. The summed E-state index contributed by atoms with van der Waals surface area (Å²) in [6.07, 6.45) is 0. The topological polar surface area (TPSA) is 38.0 Å². The lowest BCUT2D eigenvalue weighted by atomic mass is 9.89. The fourth-order valence-electron chi connectivity index (χ4n) is 2.65. The van der Waals surface area contributed by atoms with Crippen LogP contribution in [0.2, 0.25) is 0 Å². The lowest BCUT2D eigenvalue weighted by Gasteiger charge is -2.24. The monoisotopic (exact) mass is 352 g/mol. The molecule has 0 aliphatic carbocycles. The third-order valence-electron chi connectivity index (χ3n) is 3.64. The highest BCUT2D eigenvalue weighted by Crippen LogP contribution is 2.45. The van der Waals surface area contributed by atoms with Crippen LogP contribution in [-0.2, 0) is 0 Å². The largest absolute Gasteiger partial charge is 0.271 e. The number of nitrogens with one attached hydrogen (secondary N) is 1. The fraction of sp³-hybridized carbons (Fsp3) is 0.200. The van der Waals surface area contributed by atoms with Gasteiger partial charge in [0.15, 0.2) is 0 Å². The summed E-state index contributed by atoms with van der Waals surface area (Å²) in [6, 6.07) is 13.3. The van der Waals surface area contributed by atoms with Crippen LogP contribution in [0.5, 0.6) is 0 Å². The molecule has 5 heteroatoms. The molecule has 0 bridgehead atoms. The number of halogens is 2. The fourth-order valence-corrected chi connectivity index (χ4v) is 4.32. The van der Waals surface area contributed by atoms with Crippen molar-refractivity contribution < 1.29 is 4.39 Å². The van der Waals surface area contributed by atoms with E-state index in [1.165, 1.54) is 10.5 Å². The molecule has 0 saturated heterocycles. The Bertz CT molecular complexity index is 635. The summed E-state index contributed by atoms with van der Waals surface area (Å²) in [5.41, 5.74) is 4.63. The highest BCUT2D eigenvalue weighted by Gasteiger charge is 2.32. The molecular weight excluding hydrogens is 339 g/mol. The molecule has 0 fully saturated rings. The minimum atomic E-state index is -0.246. The Kier molecular flexibility index (Phi) is 4.12. The normalized spacial score (nSPS) is 18.9. The standard InChI is InChI=1S/C15H14BrFN2S/c16-12-6-3-5-10(14(12)17)15(19-18)11-8-20-13-7-2-1-4-9(11)13/h1-7,11,15,19H,8,18H2. The molecule has 1 aliphatic heterocycles. The van der Waals surface area contributed by atoms with E-state index in [-0.39, 0.29) is 17.8 Å². The number of rotatable bonds is 3. The van der Waals surface area contributed by atoms with Gasteiger partial charge in [-0.1, -0.05) is 30.3 Å². The molecule has 2 nitrogen and oxygen atoms in total. The Labute approximate surface area is 130 Å². The molecule has 2 unspecified atom stereocenters. The molecule has 0 saturated carbocycles. The van der Waals surface area contributed by atoms with E-state index in [0.717, 1.165) is 5.75 Å². The van der Waals surface area contributed by atoms with Crippen LogP contribution < -0.4 is 11.3 Å². The highest BCUT2D eigenvalue weighted by atomic mass is 79.9. The Morgan fingerprint density at radius 2 is 2.05 bits per heavy atom. The highest BCUT2D eigenvalue weighted by molar-refractivity contribution is 9.10. The van der Waals surface area contributed by atoms with E-state index >= 15 is 0 Å².